The first-order valence-corrected chi connectivity index (χ1v) is 14.3. The number of fused-ring (bicyclic) bond motifs is 1. The normalized spacial score (nSPS) is 13.2. The van der Waals surface area contributed by atoms with Gasteiger partial charge in [-0.1, -0.05) is 31.5 Å². The zero-order valence-corrected chi connectivity index (χ0v) is 24.7. The van der Waals surface area contributed by atoms with E-state index in [0.29, 0.717) is 74.9 Å². The molecular weight excluding hydrogens is 538 g/mol. The van der Waals surface area contributed by atoms with Crippen LogP contribution in [0, 0.1) is 18.3 Å². The number of hydrogen-bond acceptors (Lipinski definition) is 8. The highest BCUT2D eigenvalue weighted by Crippen LogP contribution is 2.37. The highest BCUT2D eigenvalue weighted by molar-refractivity contribution is 6.32. The Morgan fingerprint density at radius 2 is 1.88 bits per heavy atom. The number of aryl methyl sites for hydroxylation is 1. The Morgan fingerprint density at radius 1 is 1.10 bits per heavy atom. The second-order valence-electron chi connectivity index (χ2n) is 9.44. The molecule has 0 atom stereocenters. The van der Waals surface area contributed by atoms with Crippen molar-refractivity contribution in [3.8, 4) is 17.6 Å². The number of nitrogens with one attached hydrogen (secondary N) is 1. The van der Waals surface area contributed by atoms with Crippen LogP contribution in [0.4, 0.5) is 17.1 Å². The number of hydrogen-bond donors (Lipinski definition) is 2. The molecule has 0 spiro atoms. The third-order valence-corrected chi connectivity index (χ3v) is 7.09. The van der Waals surface area contributed by atoms with Crippen LogP contribution in [0.5, 0.6) is 11.5 Å². The molecule has 214 valence electrons. The third kappa shape index (κ3) is 6.99. The molecule has 0 bridgehead atoms. The second-order valence-corrected chi connectivity index (χ2v) is 9.84. The molecule has 3 N–H and O–H groups in total. The van der Waals surface area contributed by atoms with Crippen LogP contribution in [0.25, 0.3) is 10.9 Å². The lowest BCUT2D eigenvalue weighted by Gasteiger charge is -2.21. The van der Waals surface area contributed by atoms with E-state index in [9.17, 15) is 5.26 Å². The van der Waals surface area contributed by atoms with Crippen molar-refractivity contribution in [2.24, 2.45) is 0 Å². The summed E-state index contributed by atoms with van der Waals surface area (Å²) in [5, 5.41) is 14.4. The molecule has 4 aromatic rings. The van der Waals surface area contributed by atoms with Crippen LogP contribution in [0.1, 0.15) is 62.0 Å². The van der Waals surface area contributed by atoms with Crippen molar-refractivity contribution in [2.75, 3.05) is 30.9 Å². The summed E-state index contributed by atoms with van der Waals surface area (Å²) < 4.78 is 17.1. The molecule has 8 nitrogen and oxygen atoms in total. The minimum atomic E-state index is 0.349. The Morgan fingerprint density at radius 3 is 2.54 bits per heavy atom. The third-order valence-electron chi connectivity index (χ3n) is 6.79. The van der Waals surface area contributed by atoms with Crippen molar-refractivity contribution in [3.05, 3.63) is 76.2 Å². The molecule has 2 aromatic heterocycles. The van der Waals surface area contributed by atoms with Crippen molar-refractivity contribution in [2.45, 2.75) is 53.1 Å². The summed E-state index contributed by atoms with van der Waals surface area (Å²) in [6.07, 6.45) is 3.87. The van der Waals surface area contributed by atoms with Gasteiger partial charge in [-0.05, 0) is 57.0 Å². The van der Waals surface area contributed by atoms with Gasteiger partial charge in [0.25, 0.3) is 0 Å². The van der Waals surface area contributed by atoms with Gasteiger partial charge in [0.1, 0.15) is 24.2 Å². The fourth-order valence-corrected chi connectivity index (χ4v) is 4.97. The molecule has 1 aliphatic heterocycles. The average Bonchev–Trinajstić information content (AvgIpc) is 2.99. The lowest BCUT2D eigenvalue weighted by Crippen LogP contribution is -2.15. The number of anilines is 3. The first-order chi connectivity index (χ1) is 20.0. The fourth-order valence-electron chi connectivity index (χ4n) is 4.74. The number of nitrogens with two attached hydrogens (primary N) is 1. The second kappa shape index (κ2) is 14.0. The summed E-state index contributed by atoms with van der Waals surface area (Å²) in [6, 6.07) is 15.4. The predicted octanol–water partition coefficient (Wildman–Crippen LogP) is 7.69. The Bertz CT molecular complexity index is 1530. The van der Waals surface area contributed by atoms with Crippen LogP contribution in [0.3, 0.4) is 0 Å². The van der Waals surface area contributed by atoms with Gasteiger partial charge < -0.3 is 25.3 Å². The highest BCUT2D eigenvalue weighted by Gasteiger charge is 2.18. The van der Waals surface area contributed by atoms with Crippen LogP contribution in [-0.4, -0.2) is 29.8 Å². The van der Waals surface area contributed by atoms with E-state index in [4.69, 9.17) is 31.5 Å². The summed E-state index contributed by atoms with van der Waals surface area (Å²) in [6.45, 7) is 10.1. The van der Waals surface area contributed by atoms with Gasteiger partial charge in [-0.25, -0.2) is 0 Å². The number of nitriles is 1. The first-order valence-electron chi connectivity index (χ1n) is 14.0. The molecule has 1 fully saturated rings. The van der Waals surface area contributed by atoms with Gasteiger partial charge in [-0.3, -0.25) is 9.97 Å². The van der Waals surface area contributed by atoms with Crippen LogP contribution in [0.2, 0.25) is 5.02 Å². The van der Waals surface area contributed by atoms with Crippen molar-refractivity contribution in [1.82, 2.24) is 9.97 Å². The maximum absolute atomic E-state index is 9.87. The molecule has 9 heteroatoms. The fraction of sp³-hybridized carbons (Fsp3) is 0.344. The SMILES string of the molecule is CC.CCOc1cc2nc(C)c(C#N)c(Nc3ccc(OCc4ccc(C5CCOCC5)nc4)c(Cl)c3)c2cc1N. The van der Waals surface area contributed by atoms with Crippen molar-refractivity contribution < 1.29 is 14.2 Å². The Labute approximate surface area is 246 Å². The number of rotatable bonds is 8. The van der Waals surface area contributed by atoms with Gasteiger partial charge in [0, 0.05) is 53.7 Å². The number of pyridine rings is 2. The minimum absolute atomic E-state index is 0.349. The quantitative estimate of drug-likeness (QED) is 0.206. The monoisotopic (exact) mass is 573 g/mol. The smallest absolute Gasteiger partial charge is 0.144 e. The van der Waals surface area contributed by atoms with E-state index in [2.05, 4.69) is 27.4 Å². The van der Waals surface area contributed by atoms with Gasteiger partial charge in [-0.2, -0.15) is 5.26 Å². The maximum atomic E-state index is 9.87. The van der Waals surface area contributed by atoms with E-state index in [-0.39, 0.29) is 0 Å². The maximum Gasteiger partial charge on any atom is 0.144 e. The minimum Gasteiger partial charge on any atom is -0.492 e. The van der Waals surface area contributed by atoms with Gasteiger partial charge in [0.2, 0.25) is 0 Å². The van der Waals surface area contributed by atoms with Gasteiger partial charge in [-0.15, -0.1) is 0 Å². The predicted molar refractivity (Wildman–Crippen MR) is 164 cm³/mol. The summed E-state index contributed by atoms with van der Waals surface area (Å²) in [5.41, 5.74) is 11.8. The number of nitrogens with zero attached hydrogens (tertiary/aromatic N) is 3. The summed E-state index contributed by atoms with van der Waals surface area (Å²) in [5.74, 6) is 1.57. The lowest BCUT2D eigenvalue weighted by molar-refractivity contribution is 0.0845. The topological polar surface area (TPSA) is 115 Å². The van der Waals surface area contributed by atoms with E-state index in [1.54, 1.807) is 31.2 Å². The van der Waals surface area contributed by atoms with Crippen molar-refractivity contribution >= 4 is 39.6 Å². The molecule has 5 rings (SSSR count). The molecular formula is C32H36ClN5O3. The van der Waals surface area contributed by atoms with E-state index in [1.165, 1.54) is 0 Å². The first kappa shape index (κ1) is 29.9. The summed E-state index contributed by atoms with van der Waals surface area (Å²) >= 11 is 6.59. The molecule has 0 saturated carbocycles. The van der Waals surface area contributed by atoms with E-state index in [0.717, 1.165) is 37.3 Å². The highest BCUT2D eigenvalue weighted by atomic mass is 35.5. The number of aromatic nitrogens is 2. The molecule has 0 unspecified atom stereocenters. The van der Waals surface area contributed by atoms with Gasteiger partial charge in [0.15, 0.2) is 0 Å². The van der Waals surface area contributed by atoms with Crippen LogP contribution < -0.4 is 20.5 Å². The van der Waals surface area contributed by atoms with Gasteiger partial charge in [0.05, 0.1) is 39.8 Å². The number of benzene rings is 2. The molecule has 2 aromatic carbocycles. The molecule has 1 saturated heterocycles. The summed E-state index contributed by atoms with van der Waals surface area (Å²) in [4.78, 5) is 9.24. The molecule has 1 aliphatic rings. The van der Waals surface area contributed by atoms with E-state index >= 15 is 0 Å². The number of nitrogen functional groups attached to an aromatic ring is 1. The Hall–Kier alpha value is -4.06. The number of halogens is 1. The lowest BCUT2D eigenvalue weighted by atomic mass is 9.96. The average molecular weight is 574 g/mol. The molecule has 0 radical (unpaired) electrons. The summed E-state index contributed by atoms with van der Waals surface area (Å²) in [7, 11) is 0. The van der Waals surface area contributed by atoms with Gasteiger partial charge >= 0.3 is 0 Å². The number of ether oxygens (including phenoxy) is 3. The van der Waals surface area contributed by atoms with E-state index < -0.39 is 0 Å². The van der Waals surface area contributed by atoms with Crippen molar-refractivity contribution in [3.63, 3.8) is 0 Å². The van der Waals surface area contributed by atoms with Crippen LogP contribution in [0.15, 0.2) is 48.7 Å². The van der Waals surface area contributed by atoms with Crippen molar-refractivity contribution in [1.29, 1.82) is 5.26 Å². The largest absolute Gasteiger partial charge is 0.492 e. The standard InChI is InChI=1S/C30H30ClN5O3.C2H6/c1-3-38-29-14-27-22(13-25(29)33)30(23(15-32)18(2)35-27)36-21-5-7-28(24(31)12-21)39-17-19-4-6-26(34-16-19)20-8-10-37-11-9-20;1-2/h4-7,12-14,16,20H,3,8-11,17,33H2,1-2H3,(H,35,36);1-2H3. The zero-order chi connectivity index (χ0) is 29.4. The molecule has 41 heavy (non-hydrogen) atoms. The van der Waals surface area contributed by atoms with Crippen LogP contribution >= 0.6 is 11.6 Å². The Balaban J connectivity index is 0.00000189. The zero-order valence-electron chi connectivity index (χ0n) is 24.0. The molecule has 3 heterocycles. The molecule has 0 amide bonds. The van der Waals surface area contributed by atoms with E-state index in [1.807, 2.05) is 39.1 Å². The molecule has 0 aliphatic carbocycles. The van der Waals surface area contributed by atoms with Crippen LogP contribution in [-0.2, 0) is 11.3 Å². The Kier molecular flexibility index (Phi) is 10.2.